The van der Waals surface area contributed by atoms with Gasteiger partial charge in [0.25, 0.3) is 0 Å². The molecule has 142 valence electrons. The number of H-pyrrole nitrogens is 1. The van der Waals surface area contributed by atoms with E-state index in [2.05, 4.69) is 62.9 Å². The van der Waals surface area contributed by atoms with Crippen LogP contribution in [-0.4, -0.2) is 44.7 Å². The number of benzene rings is 2. The van der Waals surface area contributed by atoms with Gasteiger partial charge in [-0.1, -0.05) is 24.3 Å². The summed E-state index contributed by atoms with van der Waals surface area (Å²) < 4.78 is 11.5. The third-order valence-electron chi connectivity index (χ3n) is 5.08. The molecule has 0 spiro atoms. The monoisotopic (exact) mass is 382 g/mol. The van der Waals surface area contributed by atoms with Crippen molar-refractivity contribution in [3.8, 4) is 0 Å². The number of likely N-dealkylation sites (tertiary alicyclic amines) is 1. The predicted molar refractivity (Wildman–Crippen MR) is 112 cm³/mol. The molecule has 3 aromatic rings. The summed E-state index contributed by atoms with van der Waals surface area (Å²) in [5.74, 6) is 0.633. The van der Waals surface area contributed by atoms with Crippen LogP contribution in [0.2, 0.25) is 0 Å². The second kappa shape index (κ2) is 8.23. The highest BCUT2D eigenvalue weighted by atomic mass is 32.2. The lowest BCUT2D eigenvalue weighted by molar-refractivity contribution is 0.208. The molecule has 0 amide bonds. The van der Waals surface area contributed by atoms with Gasteiger partial charge in [0, 0.05) is 53.0 Å². The molecule has 2 heterocycles. The van der Waals surface area contributed by atoms with Crippen LogP contribution in [0.4, 0.5) is 5.69 Å². The molecule has 0 saturated carbocycles. The largest absolute Gasteiger partial charge is 0.381 e. The van der Waals surface area contributed by atoms with E-state index in [1.807, 2.05) is 6.20 Å². The highest BCUT2D eigenvalue weighted by molar-refractivity contribution is 7.83. The van der Waals surface area contributed by atoms with E-state index in [4.69, 9.17) is 0 Å². The maximum absolute atomic E-state index is 11.5. The zero-order valence-electron chi connectivity index (χ0n) is 15.6. The zero-order chi connectivity index (χ0) is 18.6. The van der Waals surface area contributed by atoms with E-state index in [0.29, 0.717) is 11.8 Å². The minimum atomic E-state index is -0.797. The Hall–Kier alpha value is -2.18. The van der Waals surface area contributed by atoms with E-state index in [0.717, 1.165) is 41.8 Å². The van der Waals surface area contributed by atoms with Crippen LogP contribution in [0, 0.1) is 0 Å². The Bertz CT molecular complexity index is 939. The molecule has 1 saturated heterocycles. The number of aromatic nitrogens is 2. The van der Waals surface area contributed by atoms with Gasteiger partial charge in [-0.25, -0.2) is 0 Å². The highest BCUT2D eigenvalue weighted by Crippen LogP contribution is 2.21. The summed E-state index contributed by atoms with van der Waals surface area (Å²) >= 11 is 0. The fraction of sp³-hybridized carbons (Fsp3) is 0.381. The Kier molecular flexibility index (Phi) is 5.55. The van der Waals surface area contributed by atoms with Gasteiger partial charge in [-0.05, 0) is 48.7 Å². The summed E-state index contributed by atoms with van der Waals surface area (Å²) in [6, 6.07) is 15.3. The van der Waals surface area contributed by atoms with Crippen molar-refractivity contribution in [2.45, 2.75) is 31.2 Å². The van der Waals surface area contributed by atoms with Crippen LogP contribution in [0.1, 0.15) is 24.0 Å². The van der Waals surface area contributed by atoms with Crippen molar-refractivity contribution >= 4 is 27.4 Å². The number of hydrogen-bond donors (Lipinski definition) is 2. The van der Waals surface area contributed by atoms with Crippen LogP contribution in [0.3, 0.4) is 0 Å². The van der Waals surface area contributed by atoms with Crippen LogP contribution in [0.15, 0.2) is 48.7 Å². The minimum Gasteiger partial charge on any atom is -0.381 e. The van der Waals surface area contributed by atoms with E-state index < -0.39 is 10.8 Å². The molecule has 6 heteroatoms. The first-order valence-corrected chi connectivity index (χ1v) is 11.2. The molecule has 1 fully saturated rings. The van der Waals surface area contributed by atoms with E-state index in [1.54, 1.807) is 6.26 Å². The molecule has 5 nitrogen and oxygen atoms in total. The fourth-order valence-corrected chi connectivity index (χ4v) is 4.54. The zero-order valence-corrected chi connectivity index (χ0v) is 16.5. The van der Waals surface area contributed by atoms with Crippen molar-refractivity contribution in [2.75, 3.05) is 24.7 Å². The smallest absolute Gasteiger partial charge is 0.0651 e. The molecule has 1 aliphatic heterocycles. The molecule has 0 radical (unpaired) electrons. The van der Waals surface area contributed by atoms with Gasteiger partial charge >= 0.3 is 0 Å². The SMILES string of the molecule is CS(=O)Cc1cccc(CN2CCCC(Nc3ccc4[nH]ncc4c3)C2)c1. The first-order valence-electron chi connectivity index (χ1n) is 9.45. The maximum atomic E-state index is 11.5. The average Bonchev–Trinajstić information content (AvgIpc) is 3.09. The number of aromatic amines is 1. The summed E-state index contributed by atoms with van der Waals surface area (Å²) in [5, 5.41) is 11.9. The van der Waals surface area contributed by atoms with Crippen molar-refractivity contribution in [1.82, 2.24) is 15.1 Å². The van der Waals surface area contributed by atoms with Gasteiger partial charge in [0.15, 0.2) is 0 Å². The lowest BCUT2D eigenvalue weighted by atomic mass is 10.0. The number of fused-ring (bicyclic) bond motifs is 1. The summed E-state index contributed by atoms with van der Waals surface area (Å²) in [6.07, 6.45) is 6.01. The quantitative estimate of drug-likeness (QED) is 0.685. The summed E-state index contributed by atoms with van der Waals surface area (Å²) in [4.78, 5) is 2.51. The lowest BCUT2D eigenvalue weighted by Gasteiger charge is -2.33. The molecular formula is C21H26N4OS. The summed E-state index contributed by atoms with van der Waals surface area (Å²) in [7, 11) is -0.797. The van der Waals surface area contributed by atoms with Gasteiger partial charge in [0.1, 0.15) is 0 Å². The Morgan fingerprint density at radius 2 is 2.15 bits per heavy atom. The Labute approximate surface area is 162 Å². The van der Waals surface area contributed by atoms with Gasteiger partial charge in [-0.3, -0.25) is 14.2 Å². The third kappa shape index (κ3) is 4.76. The standard InChI is InChI=1S/C21H26N4OS/c1-27(26)15-17-5-2-4-16(10-17)13-25-9-3-6-20(14-25)23-19-7-8-21-18(11-19)12-22-24-21/h2,4-5,7-8,10-12,20,23H,3,6,9,13-15H2,1H3,(H,22,24). The number of piperidine rings is 1. The predicted octanol–water partition coefficient (Wildman–Crippen LogP) is 3.52. The third-order valence-corrected chi connectivity index (χ3v) is 5.82. The van der Waals surface area contributed by atoms with Crippen LogP contribution in [-0.2, 0) is 23.1 Å². The van der Waals surface area contributed by atoms with Crippen molar-refractivity contribution in [1.29, 1.82) is 0 Å². The highest BCUT2D eigenvalue weighted by Gasteiger charge is 2.20. The molecule has 0 bridgehead atoms. The maximum Gasteiger partial charge on any atom is 0.0651 e. The van der Waals surface area contributed by atoms with E-state index >= 15 is 0 Å². The Morgan fingerprint density at radius 3 is 3.04 bits per heavy atom. The molecule has 2 aromatic carbocycles. The Morgan fingerprint density at radius 1 is 1.26 bits per heavy atom. The molecular weight excluding hydrogens is 356 g/mol. The van der Waals surface area contributed by atoms with Crippen LogP contribution >= 0.6 is 0 Å². The fourth-order valence-electron chi connectivity index (χ4n) is 3.90. The number of nitrogens with one attached hydrogen (secondary N) is 2. The van der Waals surface area contributed by atoms with E-state index in [-0.39, 0.29) is 0 Å². The Balaban J connectivity index is 1.38. The van der Waals surface area contributed by atoms with E-state index in [9.17, 15) is 4.21 Å². The topological polar surface area (TPSA) is 61.0 Å². The average molecular weight is 383 g/mol. The van der Waals surface area contributed by atoms with Gasteiger partial charge in [0.05, 0.1) is 11.7 Å². The summed E-state index contributed by atoms with van der Waals surface area (Å²) in [5.41, 5.74) is 4.69. The molecule has 1 aromatic heterocycles. The van der Waals surface area contributed by atoms with Crippen molar-refractivity contribution < 1.29 is 4.21 Å². The van der Waals surface area contributed by atoms with Gasteiger partial charge in [-0.15, -0.1) is 0 Å². The van der Waals surface area contributed by atoms with Crippen LogP contribution in [0.5, 0.6) is 0 Å². The number of anilines is 1. The molecule has 2 atom stereocenters. The second-order valence-electron chi connectivity index (χ2n) is 7.43. The molecule has 2 unspecified atom stereocenters. The minimum absolute atomic E-state index is 0.453. The molecule has 27 heavy (non-hydrogen) atoms. The van der Waals surface area contributed by atoms with Crippen molar-refractivity contribution in [3.05, 3.63) is 59.8 Å². The van der Waals surface area contributed by atoms with Crippen molar-refractivity contribution in [2.24, 2.45) is 0 Å². The number of rotatable bonds is 6. The first-order chi connectivity index (χ1) is 13.2. The summed E-state index contributed by atoms with van der Waals surface area (Å²) in [6.45, 7) is 3.11. The van der Waals surface area contributed by atoms with Gasteiger partial charge < -0.3 is 5.32 Å². The molecule has 4 rings (SSSR count). The number of hydrogen-bond acceptors (Lipinski definition) is 4. The molecule has 0 aliphatic carbocycles. The number of nitrogens with zero attached hydrogens (tertiary/aromatic N) is 2. The van der Waals surface area contributed by atoms with Crippen LogP contribution < -0.4 is 5.32 Å². The second-order valence-corrected chi connectivity index (χ2v) is 8.86. The molecule has 2 N–H and O–H groups in total. The normalized spacial score (nSPS) is 19.2. The lowest BCUT2D eigenvalue weighted by Crippen LogP contribution is -2.41. The first kappa shape index (κ1) is 18.2. The molecule has 1 aliphatic rings. The van der Waals surface area contributed by atoms with Crippen LogP contribution in [0.25, 0.3) is 10.9 Å². The van der Waals surface area contributed by atoms with Gasteiger partial charge in [0.2, 0.25) is 0 Å². The van der Waals surface area contributed by atoms with Gasteiger partial charge in [-0.2, -0.15) is 5.10 Å². The van der Waals surface area contributed by atoms with E-state index in [1.165, 1.54) is 18.4 Å². The van der Waals surface area contributed by atoms with Crippen molar-refractivity contribution in [3.63, 3.8) is 0 Å².